The van der Waals surface area contributed by atoms with Crippen molar-refractivity contribution < 1.29 is 14.3 Å². The first kappa shape index (κ1) is 30.0. The van der Waals surface area contributed by atoms with Gasteiger partial charge >= 0.3 is 5.97 Å². The number of amides is 1. The van der Waals surface area contributed by atoms with Crippen molar-refractivity contribution in [1.82, 2.24) is 4.98 Å². The van der Waals surface area contributed by atoms with Gasteiger partial charge in [-0.3, -0.25) is 9.69 Å². The molecule has 0 saturated heterocycles. The minimum atomic E-state index is -0.413. The number of methoxy groups -OCH3 is 1. The van der Waals surface area contributed by atoms with Gasteiger partial charge in [0, 0.05) is 18.0 Å². The molecule has 1 heterocycles. The van der Waals surface area contributed by atoms with Crippen LogP contribution in [0.1, 0.15) is 68.1 Å². The lowest BCUT2D eigenvalue weighted by Gasteiger charge is -2.27. The molecule has 6 nitrogen and oxygen atoms in total. The summed E-state index contributed by atoms with van der Waals surface area (Å²) >= 11 is 0. The highest BCUT2D eigenvalue weighted by Crippen LogP contribution is 2.30. The van der Waals surface area contributed by atoms with Gasteiger partial charge in [0.15, 0.2) is 0 Å². The first-order chi connectivity index (χ1) is 19.1. The number of rotatable bonds is 6. The Morgan fingerprint density at radius 2 is 1.62 bits per heavy atom. The topological polar surface area (TPSA) is 83.3 Å². The van der Waals surface area contributed by atoms with E-state index in [1.807, 2.05) is 96.1 Å². The van der Waals surface area contributed by atoms with E-state index in [2.05, 4.69) is 11.1 Å². The molecule has 206 valence electrons. The number of fused-ring (bicyclic) bond motifs is 1. The van der Waals surface area contributed by atoms with Crippen molar-refractivity contribution in [2.45, 2.75) is 54.5 Å². The summed E-state index contributed by atoms with van der Waals surface area (Å²) in [5.41, 5.74) is 4.88. The predicted octanol–water partition coefficient (Wildman–Crippen LogP) is 7.86. The SMILES string of the molecule is CC.COC(=O)c1ccc2c(N(Cc3ccc(-c4ccc(C#N)c(C)c4)cc3)C(=O)CC(C)(C)C)nccc2c1. The maximum absolute atomic E-state index is 13.6. The molecule has 0 unspecified atom stereocenters. The quantitative estimate of drug-likeness (QED) is 0.235. The Balaban J connectivity index is 0.00000216. The van der Waals surface area contributed by atoms with Gasteiger partial charge in [0.05, 0.1) is 30.9 Å². The number of ether oxygens (including phenoxy) is 1. The van der Waals surface area contributed by atoms with E-state index in [-0.39, 0.29) is 11.3 Å². The minimum Gasteiger partial charge on any atom is -0.465 e. The lowest BCUT2D eigenvalue weighted by atomic mass is 9.91. The van der Waals surface area contributed by atoms with Crippen LogP contribution in [-0.4, -0.2) is 24.0 Å². The number of pyridine rings is 1. The number of nitrogens with zero attached hydrogens (tertiary/aromatic N) is 3. The predicted molar refractivity (Wildman–Crippen MR) is 161 cm³/mol. The maximum Gasteiger partial charge on any atom is 0.337 e. The Bertz CT molecular complexity index is 1540. The van der Waals surface area contributed by atoms with Crippen LogP contribution >= 0.6 is 0 Å². The number of nitriles is 1. The largest absolute Gasteiger partial charge is 0.465 e. The molecule has 0 saturated carbocycles. The molecule has 0 aliphatic rings. The summed E-state index contributed by atoms with van der Waals surface area (Å²) in [6, 6.07) is 23.2. The summed E-state index contributed by atoms with van der Waals surface area (Å²) in [7, 11) is 1.35. The number of aromatic nitrogens is 1. The Kier molecular flexibility index (Phi) is 9.79. The van der Waals surface area contributed by atoms with Crippen molar-refractivity contribution in [2.75, 3.05) is 12.0 Å². The van der Waals surface area contributed by atoms with Gasteiger partial charge in [0.1, 0.15) is 5.82 Å². The Hall–Kier alpha value is -4.50. The number of anilines is 1. The van der Waals surface area contributed by atoms with Gasteiger partial charge in [-0.15, -0.1) is 0 Å². The summed E-state index contributed by atoms with van der Waals surface area (Å²) in [5.74, 6) is 0.116. The second-order valence-electron chi connectivity index (χ2n) is 10.6. The van der Waals surface area contributed by atoms with E-state index in [0.717, 1.165) is 33.0 Å². The fraction of sp³-hybridized carbons (Fsp3) is 0.294. The van der Waals surface area contributed by atoms with Crippen molar-refractivity contribution in [2.24, 2.45) is 5.41 Å². The summed E-state index contributed by atoms with van der Waals surface area (Å²) in [4.78, 5) is 32.0. The van der Waals surface area contributed by atoms with Crippen molar-refractivity contribution >= 4 is 28.5 Å². The molecule has 40 heavy (non-hydrogen) atoms. The van der Waals surface area contributed by atoms with E-state index in [9.17, 15) is 14.9 Å². The van der Waals surface area contributed by atoms with Gasteiger partial charge in [-0.2, -0.15) is 5.26 Å². The second kappa shape index (κ2) is 13.0. The average Bonchev–Trinajstić information content (AvgIpc) is 2.95. The van der Waals surface area contributed by atoms with E-state index in [1.165, 1.54) is 7.11 Å². The van der Waals surface area contributed by atoms with Crippen molar-refractivity contribution in [1.29, 1.82) is 5.26 Å². The number of hydrogen-bond acceptors (Lipinski definition) is 5. The van der Waals surface area contributed by atoms with E-state index in [4.69, 9.17) is 4.74 Å². The molecule has 0 aliphatic carbocycles. The van der Waals surface area contributed by atoms with Crippen LogP contribution in [0.5, 0.6) is 0 Å². The highest BCUT2D eigenvalue weighted by atomic mass is 16.5. The molecule has 0 radical (unpaired) electrons. The van der Waals surface area contributed by atoms with Crippen LogP contribution in [0.25, 0.3) is 21.9 Å². The van der Waals surface area contributed by atoms with E-state index >= 15 is 0 Å². The second-order valence-corrected chi connectivity index (χ2v) is 10.6. The van der Waals surface area contributed by atoms with Gasteiger partial charge in [-0.25, -0.2) is 9.78 Å². The van der Waals surface area contributed by atoms with Crippen LogP contribution in [0.3, 0.4) is 0 Å². The number of aryl methyl sites for hydroxylation is 1. The van der Waals surface area contributed by atoms with Crippen LogP contribution in [0.4, 0.5) is 5.82 Å². The zero-order chi connectivity index (χ0) is 29.4. The molecule has 1 aromatic heterocycles. The Morgan fingerprint density at radius 1 is 0.950 bits per heavy atom. The average molecular weight is 536 g/mol. The van der Waals surface area contributed by atoms with Crippen molar-refractivity contribution in [3.8, 4) is 17.2 Å². The molecular weight excluding hydrogens is 498 g/mol. The summed E-state index contributed by atoms with van der Waals surface area (Å²) in [5, 5.41) is 10.8. The molecule has 4 aromatic rings. The van der Waals surface area contributed by atoms with Crippen LogP contribution in [-0.2, 0) is 16.1 Å². The minimum absolute atomic E-state index is 0.0265. The Labute approximate surface area is 237 Å². The highest BCUT2D eigenvalue weighted by Gasteiger charge is 2.25. The van der Waals surface area contributed by atoms with Gasteiger partial charge in [0.2, 0.25) is 5.91 Å². The van der Waals surface area contributed by atoms with Gasteiger partial charge < -0.3 is 4.74 Å². The maximum atomic E-state index is 13.6. The molecule has 0 spiro atoms. The standard InChI is InChI=1S/C32H31N3O3.C2H6/c1-21-16-24(10-11-27(21)19-33)23-8-6-22(7-9-23)20-35(29(36)18-32(2,3)4)30-28-13-12-26(31(37)38-5)17-25(28)14-15-34-30;1-2/h6-17H,18,20H2,1-5H3;1-2H3. The molecule has 4 rings (SSSR count). The number of hydrogen-bond donors (Lipinski definition) is 0. The fourth-order valence-electron chi connectivity index (χ4n) is 4.41. The molecule has 1 amide bonds. The lowest BCUT2D eigenvalue weighted by Crippen LogP contribution is -2.34. The Morgan fingerprint density at radius 3 is 2.23 bits per heavy atom. The molecule has 0 aliphatic heterocycles. The molecule has 0 fully saturated rings. The third-order valence-electron chi connectivity index (χ3n) is 6.38. The normalized spacial score (nSPS) is 10.8. The zero-order valence-electron chi connectivity index (χ0n) is 24.4. The van der Waals surface area contributed by atoms with Crippen molar-refractivity contribution in [3.63, 3.8) is 0 Å². The monoisotopic (exact) mass is 535 g/mol. The number of esters is 1. The smallest absolute Gasteiger partial charge is 0.337 e. The highest BCUT2D eigenvalue weighted by molar-refractivity contribution is 6.04. The molecule has 6 heteroatoms. The fourth-order valence-corrected chi connectivity index (χ4v) is 4.41. The summed E-state index contributed by atoms with van der Waals surface area (Å²) in [6.45, 7) is 12.4. The van der Waals surface area contributed by atoms with E-state index in [0.29, 0.717) is 29.9 Å². The lowest BCUT2D eigenvalue weighted by molar-refractivity contribution is -0.120. The van der Waals surface area contributed by atoms with Crippen LogP contribution in [0.15, 0.2) is 72.9 Å². The number of carbonyl (C=O) groups is 2. The van der Waals surface area contributed by atoms with E-state index in [1.54, 1.807) is 23.2 Å². The molecular formula is C34H37N3O3. The third kappa shape index (κ3) is 7.12. The molecule has 3 aromatic carbocycles. The van der Waals surface area contributed by atoms with Gasteiger partial charge in [0.25, 0.3) is 0 Å². The molecule has 0 bridgehead atoms. The number of carbonyl (C=O) groups excluding carboxylic acids is 2. The first-order valence-corrected chi connectivity index (χ1v) is 13.5. The third-order valence-corrected chi connectivity index (χ3v) is 6.38. The van der Waals surface area contributed by atoms with Crippen LogP contribution in [0, 0.1) is 23.7 Å². The number of benzene rings is 3. The summed E-state index contributed by atoms with van der Waals surface area (Å²) in [6.07, 6.45) is 2.01. The van der Waals surface area contributed by atoms with Crippen LogP contribution < -0.4 is 4.90 Å². The molecule has 0 atom stereocenters. The van der Waals surface area contributed by atoms with Crippen molar-refractivity contribution in [3.05, 3.63) is 95.2 Å². The summed E-state index contributed by atoms with van der Waals surface area (Å²) < 4.78 is 4.86. The molecule has 0 N–H and O–H groups in total. The van der Waals surface area contributed by atoms with Gasteiger partial charge in [-0.05, 0) is 70.3 Å². The zero-order valence-corrected chi connectivity index (χ0v) is 24.4. The van der Waals surface area contributed by atoms with Crippen LogP contribution in [0.2, 0.25) is 0 Å². The van der Waals surface area contributed by atoms with E-state index < -0.39 is 5.97 Å². The van der Waals surface area contributed by atoms with Gasteiger partial charge in [-0.1, -0.05) is 71.0 Å². The first-order valence-electron chi connectivity index (χ1n) is 13.5.